The largest absolute Gasteiger partial charge is 0.393 e. The molecule has 0 bridgehead atoms. The molecule has 8 nitrogen and oxygen atoms in total. The number of aliphatic imine (C=N–C) groups is 1. The number of thioether (sulfide) groups is 1. The van der Waals surface area contributed by atoms with Gasteiger partial charge < -0.3 is 10.6 Å². The highest BCUT2D eigenvalue weighted by Crippen LogP contribution is 2.34. The molecule has 1 aliphatic rings. The van der Waals surface area contributed by atoms with E-state index >= 15 is 0 Å². The number of anilines is 2. The van der Waals surface area contributed by atoms with E-state index in [1.54, 1.807) is 25.0 Å². The molecule has 9 heteroatoms. The van der Waals surface area contributed by atoms with Crippen molar-refractivity contribution >= 4 is 41.7 Å². The standard InChI is InChI=1S/C12H18N6O2S/c1-14-10-9(13)11(15-16(10)2)18-5-6-21-8(7-18)12(19)17(3)20-4/h7H,1,5-6,13H2,2-4H3. The van der Waals surface area contributed by atoms with Gasteiger partial charge in [0.15, 0.2) is 11.6 Å². The van der Waals surface area contributed by atoms with Crippen LogP contribution in [0.3, 0.4) is 0 Å². The number of nitrogens with two attached hydrogens (primary N) is 1. The number of amides is 1. The van der Waals surface area contributed by atoms with Crippen LogP contribution in [0.2, 0.25) is 0 Å². The monoisotopic (exact) mass is 310 g/mol. The number of hydrogen-bond acceptors (Lipinski definition) is 7. The fourth-order valence-electron chi connectivity index (χ4n) is 1.94. The number of hydrogen-bond donors (Lipinski definition) is 1. The van der Waals surface area contributed by atoms with Crippen molar-refractivity contribution in [2.24, 2.45) is 12.0 Å². The van der Waals surface area contributed by atoms with Gasteiger partial charge in [0, 0.05) is 32.6 Å². The quantitative estimate of drug-likeness (QED) is 0.652. The first-order chi connectivity index (χ1) is 9.99. The van der Waals surface area contributed by atoms with Gasteiger partial charge in [0.25, 0.3) is 5.91 Å². The minimum Gasteiger partial charge on any atom is -0.393 e. The molecule has 0 aromatic carbocycles. The highest BCUT2D eigenvalue weighted by atomic mass is 32.2. The van der Waals surface area contributed by atoms with Crippen LogP contribution in [-0.2, 0) is 16.7 Å². The van der Waals surface area contributed by atoms with Crippen molar-refractivity contribution in [1.82, 2.24) is 14.8 Å². The Kier molecular flexibility index (Phi) is 4.53. The molecule has 0 saturated heterocycles. The minimum absolute atomic E-state index is 0.205. The average Bonchev–Trinajstić information content (AvgIpc) is 2.80. The summed E-state index contributed by atoms with van der Waals surface area (Å²) in [5.74, 6) is 1.63. The molecule has 1 amide bonds. The Morgan fingerprint density at radius 1 is 1.67 bits per heavy atom. The van der Waals surface area contributed by atoms with Crippen molar-refractivity contribution in [3.05, 3.63) is 11.1 Å². The normalized spacial score (nSPS) is 14.8. The maximum Gasteiger partial charge on any atom is 0.285 e. The molecule has 0 saturated carbocycles. The van der Waals surface area contributed by atoms with E-state index in [0.29, 0.717) is 28.8 Å². The second-order valence-corrected chi connectivity index (χ2v) is 5.50. The third kappa shape index (κ3) is 2.88. The summed E-state index contributed by atoms with van der Waals surface area (Å²) in [6, 6.07) is 0. The molecule has 0 fully saturated rings. The van der Waals surface area contributed by atoms with Gasteiger partial charge in [0.05, 0.1) is 12.0 Å². The Morgan fingerprint density at radius 3 is 2.95 bits per heavy atom. The third-order valence-corrected chi connectivity index (χ3v) is 4.07. The fourth-order valence-corrected chi connectivity index (χ4v) is 2.90. The number of aromatic nitrogens is 2. The second-order valence-electron chi connectivity index (χ2n) is 4.36. The van der Waals surface area contributed by atoms with E-state index in [-0.39, 0.29) is 5.91 Å². The van der Waals surface area contributed by atoms with E-state index in [1.165, 1.54) is 23.9 Å². The van der Waals surface area contributed by atoms with Gasteiger partial charge in [-0.3, -0.25) is 9.63 Å². The van der Waals surface area contributed by atoms with Crippen LogP contribution in [-0.4, -0.2) is 53.9 Å². The zero-order valence-corrected chi connectivity index (χ0v) is 13.1. The highest BCUT2D eigenvalue weighted by molar-refractivity contribution is 8.04. The lowest BCUT2D eigenvalue weighted by molar-refractivity contribution is -0.163. The predicted molar refractivity (Wildman–Crippen MR) is 84.5 cm³/mol. The Hall–Kier alpha value is -2.00. The topological polar surface area (TPSA) is 89.0 Å². The number of carbonyl (C=O) groups is 1. The molecule has 1 aromatic heterocycles. The van der Waals surface area contributed by atoms with Crippen LogP contribution in [0.4, 0.5) is 17.3 Å². The van der Waals surface area contributed by atoms with E-state index in [2.05, 4.69) is 16.8 Å². The molecule has 0 atom stereocenters. The zero-order valence-electron chi connectivity index (χ0n) is 12.2. The first-order valence-electron chi connectivity index (χ1n) is 6.22. The summed E-state index contributed by atoms with van der Waals surface area (Å²) in [7, 11) is 4.76. The molecule has 1 aliphatic heterocycles. The van der Waals surface area contributed by atoms with E-state index in [4.69, 9.17) is 10.6 Å². The Balaban J connectivity index is 2.33. The number of nitrogen functional groups attached to an aromatic ring is 1. The number of aryl methyl sites for hydroxylation is 1. The van der Waals surface area contributed by atoms with Crippen LogP contribution in [0.1, 0.15) is 0 Å². The van der Waals surface area contributed by atoms with Gasteiger partial charge in [-0.1, -0.05) is 0 Å². The smallest absolute Gasteiger partial charge is 0.285 e. The Morgan fingerprint density at radius 2 is 2.38 bits per heavy atom. The summed E-state index contributed by atoms with van der Waals surface area (Å²) in [6.07, 6.45) is 1.73. The van der Waals surface area contributed by atoms with E-state index in [0.717, 1.165) is 5.75 Å². The van der Waals surface area contributed by atoms with Crippen molar-refractivity contribution in [2.75, 3.05) is 37.1 Å². The molecule has 1 aromatic rings. The van der Waals surface area contributed by atoms with Gasteiger partial charge in [-0.25, -0.2) is 14.7 Å². The first kappa shape index (κ1) is 15.4. The van der Waals surface area contributed by atoms with Gasteiger partial charge in [-0.15, -0.1) is 11.8 Å². The molecule has 0 aliphatic carbocycles. The Labute approximate surface area is 127 Å². The molecule has 0 spiro atoms. The van der Waals surface area contributed by atoms with Crippen LogP contribution in [0.25, 0.3) is 0 Å². The van der Waals surface area contributed by atoms with Gasteiger partial charge in [-0.2, -0.15) is 5.10 Å². The lowest BCUT2D eigenvalue weighted by Gasteiger charge is -2.25. The summed E-state index contributed by atoms with van der Waals surface area (Å²) >= 11 is 1.47. The minimum atomic E-state index is -0.205. The van der Waals surface area contributed by atoms with Gasteiger partial charge in [0.2, 0.25) is 0 Å². The first-order valence-corrected chi connectivity index (χ1v) is 7.20. The SMILES string of the molecule is C=Nc1c(N)c(N2C=C(C(=O)N(C)OC)SCC2)nn1C. The summed E-state index contributed by atoms with van der Waals surface area (Å²) in [5.41, 5.74) is 6.48. The van der Waals surface area contributed by atoms with Crippen molar-refractivity contribution in [1.29, 1.82) is 0 Å². The third-order valence-electron chi connectivity index (χ3n) is 3.09. The number of carbonyl (C=O) groups excluding carboxylic acids is 1. The molecule has 0 unspecified atom stereocenters. The van der Waals surface area contributed by atoms with Gasteiger partial charge >= 0.3 is 0 Å². The number of nitrogens with zero attached hydrogens (tertiary/aromatic N) is 5. The van der Waals surface area contributed by atoms with Crippen LogP contribution < -0.4 is 10.6 Å². The molecule has 2 rings (SSSR count). The summed E-state index contributed by atoms with van der Waals surface area (Å²) in [4.78, 5) is 23.3. The van der Waals surface area contributed by atoms with Crippen LogP contribution in [0, 0.1) is 0 Å². The van der Waals surface area contributed by atoms with Crippen molar-refractivity contribution in [2.45, 2.75) is 0 Å². The molecule has 2 heterocycles. The van der Waals surface area contributed by atoms with Gasteiger partial charge in [0.1, 0.15) is 5.69 Å². The van der Waals surface area contributed by atoms with Crippen LogP contribution in [0.5, 0.6) is 0 Å². The van der Waals surface area contributed by atoms with Gasteiger partial charge in [-0.05, 0) is 6.72 Å². The van der Waals surface area contributed by atoms with Crippen molar-refractivity contribution in [3.8, 4) is 0 Å². The molecule has 114 valence electrons. The van der Waals surface area contributed by atoms with E-state index < -0.39 is 0 Å². The van der Waals surface area contributed by atoms with Crippen LogP contribution >= 0.6 is 11.8 Å². The highest BCUT2D eigenvalue weighted by Gasteiger charge is 2.24. The molecular formula is C12H18N6O2S. The summed E-state index contributed by atoms with van der Waals surface area (Å²) in [6.45, 7) is 4.19. The molecular weight excluding hydrogens is 292 g/mol. The van der Waals surface area contributed by atoms with E-state index in [9.17, 15) is 4.79 Å². The number of rotatable bonds is 4. The predicted octanol–water partition coefficient (Wildman–Crippen LogP) is 0.749. The average molecular weight is 310 g/mol. The second kappa shape index (κ2) is 6.19. The maximum atomic E-state index is 12.1. The summed E-state index contributed by atoms with van der Waals surface area (Å²) < 4.78 is 1.57. The van der Waals surface area contributed by atoms with Crippen molar-refractivity contribution < 1.29 is 9.63 Å². The maximum absolute atomic E-state index is 12.1. The Bertz CT molecular complexity index is 597. The number of hydroxylamine groups is 2. The molecule has 0 radical (unpaired) electrons. The number of likely N-dealkylation sites (N-methyl/N-ethyl adjacent to an activating group) is 1. The van der Waals surface area contributed by atoms with E-state index in [1.807, 2.05) is 4.90 Å². The fraction of sp³-hybridized carbons (Fsp3) is 0.417. The van der Waals surface area contributed by atoms with Crippen LogP contribution in [0.15, 0.2) is 16.1 Å². The lowest BCUT2D eigenvalue weighted by atomic mass is 10.4. The van der Waals surface area contributed by atoms with Crippen molar-refractivity contribution in [3.63, 3.8) is 0 Å². The lowest BCUT2D eigenvalue weighted by Crippen LogP contribution is -2.31. The molecule has 21 heavy (non-hydrogen) atoms. The summed E-state index contributed by atoms with van der Waals surface area (Å²) in [5, 5.41) is 5.52. The zero-order chi connectivity index (χ0) is 15.6. The molecule has 2 N–H and O–H groups in total.